The lowest BCUT2D eigenvalue weighted by Crippen LogP contribution is -2.35. The van der Waals surface area contributed by atoms with Crippen LogP contribution in [0.1, 0.15) is 20.8 Å². The molecule has 194 valence electrons. The molecule has 1 aliphatic rings. The number of amides is 3. The Bertz CT molecular complexity index is 1270. The number of isocyanates is 1. The first-order valence-corrected chi connectivity index (χ1v) is 13.1. The van der Waals surface area contributed by atoms with Crippen LogP contribution in [0.15, 0.2) is 46.9 Å². The van der Waals surface area contributed by atoms with E-state index in [9.17, 15) is 19.2 Å². The van der Waals surface area contributed by atoms with Crippen molar-refractivity contribution in [3.8, 4) is 20.3 Å². The number of carbonyl (C=O) groups is 3. The summed E-state index contributed by atoms with van der Waals surface area (Å²) in [6.07, 6.45) is 2.98. The summed E-state index contributed by atoms with van der Waals surface area (Å²) in [5, 5.41) is 7.74. The first-order valence-electron chi connectivity index (χ1n) is 11.4. The summed E-state index contributed by atoms with van der Waals surface area (Å²) in [6, 6.07) is 8.62. The number of thiophene rings is 2. The minimum atomic E-state index is -0.725. The predicted molar refractivity (Wildman–Crippen MR) is 141 cm³/mol. The average Bonchev–Trinajstić information content (AvgIpc) is 3.63. The second kappa shape index (κ2) is 13.4. The highest BCUT2D eigenvalue weighted by Crippen LogP contribution is 2.35. The summed E-state index contributed by atoms with van der Waals surface area (Å²) < 4.78 is 4.54. The van der Waals surface area contributed by atoms with Crippen molar-refractivity contribution in [2.24, 2.45) is 4.99 Å². The van der Waals surface area contributed by atoms with Gasteiger partial charge in [0.25, 0.3) is 5.91 Å². The Morgan fingerprint density at radius 1 is 1.27 bits per heavy atom. The molecular formula is C24H26N6O5S2. The molecule has 0 bridgehead atoms. The van der Waals surface area contributed by atoms with Gasteiger partial charge in [-0.3, -0.25) is 9.69 Å². The molecule has 4 rings (SSSR count). The molecule has 0 spiro atoms. The first kappa shape index (κ1) is 27.7. The molecule has 2 unspecified atom stereocenters. The molecule has 37 heavy (non-hydrogen) atoms. The molecule has 3 aromatic heterocycles. The quantitative estimate of drug-likeness (QED) is 0.181. The third kappa shape index (κ3) is 7.53. The van der Waals surface area contributed by atoms with Crippen LogP contribution in [0.3, 0.4) is 0 Å². The average molecular weight is 543 g/mol. The van der Waals surface area contributed by atoms with Gasteiger partial charge in [-0.2, -0.15) is 4.99 Å². The Labute approximate surface area is 221 Å². The van der Waals surface area contributed by atoms with E-state index in [0.717, 1.165) is 10.6 Å². The van der Waals surface area contributed by atoms with Crippen molar-refractivity contribution in [1.82, 2.24) is 20.2 Å². The van der Waals surface area contributed by atoms with Crippen LogP contribution in [0.4, 0.5) is 10.7 Å². The second-order valence-corrected chi connectivity index (χ2v) is 9.67. The minimum Gasteiger partial charge on any atom is -0.464 e. The molecule has 13 heteroatoms. The van der Waals surface area contributed by atoms with Crippen LogP contribution in [0, 0.1) is 0 Å². The zero-order valence-corrected chi connectivity index (χ0v) is 22.1. The van der Waals surface area contributed by atoms with E-state index in [-0.39, 0.29) is 18.5 Å². The number of aromatic nitrogens is 2. The maximum absolute atomic E-state index is 11.9. The fourth-order valence-corrected chi connectivity index (χ4v) is 4.96. The third-order valence-electron chi connectivity index (χ3n) is 4.99. The first-order chi connectivity index (χ1) is 17.8. The zero-order chi connectivity index (χ0) is 26.8. The monoisotopic (exact) mass is 542 g/mol. The topological polar surface area (TPSA) is 143 Å². The van der Waals surface area contributed by atoms with Crippen LogP contribution < -0.4 is 10.6 Å². The number of aliphatic imine (C=N–C) groups is 1. The van der Waals surface area contributed by atoms with E-state index in [2.05, 4.69) is 53.9 Å². The van der Waals surface area contributed by atoms with E-state index >= 15 is 0 Å². The second-order valence-electron chi connectivity index (χ2n) is 7.64. The largest absolute Gasteiger partial charge is 0.464 e. The highest BCUT2D eigenvalue weighted by atomic mass is 32.1. The number of hydrogen-bond acceptors (Lipinski definition) is 11. The lowest BCUT2D eigenvalue weighted by molar-refractivity contribution is -0.144. The summed E-state index contributed by atoms with van der Waals surface area (Å²) in [5.41, 5.74) is 0.837. The summed E-state index contributed by atoms with van der Waals surface area (Å²) in [6.45, 7) is 5.80. The highest BCUT2D eigenvalue weighted by Gasteiger charge is 2.34. The predicted octanol–water partition coefficient (Wildman–Crippen LogP) is 3.56. The number of carbonyl (C=O) groups excluding carboxylic acids is 4. The van der Waals surface area contributed by atoms with Crippen molar-refractivity contribution in [2.75, 3.05) is 25.0 Å². The molecule has 4 heterocycles. The number of urea groups is 1. The number of nitrogens with one attached hydrogen (secondary N) is 2. The lowest BCUT2D eigenvalue weighted by Gasteiger charge is -2.13. The molecule has 1 saturated heterocycles. The lowest BCUT2D eigenvalue weighted by atomic mass is 10.3. The molecule has 0 aliphatic carbocycles. The van der Waals surface area contributed by atoms with Crippen molar-refractivity contribution < 1.29 is 23.9 Å². The van der Waals surface area contributed by atoms with Gasteiger partial charge in [0.15, 0.2) is 6.04 Å². The molecule has 2 atom stereocenters. The van der Waals surface area contributed by atoms with Crippen LogP contribution in [0.5, 0.6) is 0 Å². The van der Waals surface area contributed by atoms with Gasteiger partial charge in [-0.15, -0.1) is 22.7 Å². The van der Waals surface area contributed by atoms with E-state index in [1.54, 1.807) is 42.7 Å². The summed E-state index contributed by atoms with van der Waals surface area (Å²) in [7, 11) is 0. The Morgan fingerprint density at radius 3 is 2.70 bits per heavy atom. The van der Waals surface area contributed by atoms with Crippen molar-refractivity contribution >= 4 is 52.6 Å². The van der Waals surface area contributed by atoms with Crippen molar-refractivity contribution in [2.45, 2.75) is 32.9 Å². The van der Waals surface area contributed by atoms with Crippen LogP contribution in [0.2, 0.25) is 0 Å². The van der Waals surface area contributed by atoms with Crippen LogP contribution >= 0.6 is 22.7 Å². The summed E-state index contributed by atoms with van der Waals surface area (Å²) >= 11 is 3.40. The molecule has 1 fully saturated rings. The van der Waals surface area contributed by atoms with Gasteiger partial charge in [-0.1, -0.05) is 6.07 Å². The van der Waals surface area contributed by atoms with E-state index in [1.807, 2.05) is 12.1 Å². The van der Waals surface area contributed by atoms with Crippen molar-refractivity contribution in [3.63, 3.8) is 0 Å². The maximum Gasteiger partial charge on any atom is 0.331 e. The number of nitrogens with zero attached hydrogens (tertiary/aromatic N) is 4. The van der Waals surface area contributed by atoms with Gasteiger partial charge < -0.3 is 15.4 Å². The van der Waals surface area contributed by atoms with Crippen molar-refractivity contribution in [3.05, 3.63) is 41.9 Å². The number of ether oxygens (including phenoxy) is 1. The Morgan fingerprint density at radius 2 is 2.05 bits per heavy atom. The van der Waals surface area contributed by atoms with E-state index in [1.165, 1.54) is 27.7 Å². The van der Waals surface area contributed by atoms with Gasteiger partial charge in [0.2, 0.25) is 12.0 Å². The zero-order valence-electron chi connectivity index (χ0n) is 20.5. The van der Waals surface area contributed by atoms with Gasteiger partial charge in [0, 0.05) is 29.0 Å². The fourth-order valence-electron chi connectivity index (χ4n) is 3.15. The highest BCUT2D eigenvalue weighted by molar-refractivity contribution is 7.23. The minimum absolute atomic E-state index is 0.212. The fraction of sp³-hybridized carbons (Fsp3) is 0.333. The molecule has 0 aromatic carbocycles. The molecule has 11 nitrogen and oxygen atoms in total. The molecule has 2 N–H and O–H groups in total. The SMILES string of the molecule is CC1NC(=O)N(CCNc2nccc(-c3ccc(-c4cccs4)s3)n2)C1=O.CCOC(=O)C(C)N=C=O. The molecule has 1 aliphatic heterocycles. The maximum atomic E-state index is 11.9. The standard InChI is InChI=1S/C18H17N5O2S2.C6H9NO3/c1-11-16(24)23(18(25)21-11)9-8-20-17-19-7-6-12(22-17)13-4-5-15(27-13)14-3-2-10-26-14;1-3-10-6(9)5(2)7-4-8/h2-7,10-11H,8-9H2,1H3,(H,21,25)(H,19,20,22);5H,3H2,1-2H3. The number of esters is 1. The van der Waals surface area contributed by atoms with E-state index in [4.69, 9.17) is 0 Å². The van der Waals surface area contributed by atoms with Crippen molar-refractivity contribution in [1.29, 1.82) is 0 Å². The summed E-state index contributed by atoms with van der Waals surface area (Å²) in [4.78, 5) is 60.5. The number of imide groups is 1. The third-order valence-corrected chi connectivity index (χ3v) is 7.17. The Hall–Kier alpha value is -3.93. The smallest absolute Gasteiger partial charge is 0.331 e. The summed E-state index contributed by atoms with van der Waals surface area (Å²) in [5.74, 6) is -0.235. The van der Waals surface area contributed by atoms with E-state index in [0.29, 0.717) is 19.1 Å². The van der Waals surface area contributed by atoms with Gasteiger partial charge in [0.1, 0.15) is 6.04 Å². The number of hydrogen-bond donors (Lipinski definition) is 2. The molecular weight excluding hydrogens is 516 g/mol. The normalized spacial score (nSPS) is 15.2. The van der Waals surface area contributed by atoms with Crippen LogP contribution in [0.25, 0.3) is 20.3 Å². The molecule has 0 radical (unpaired) electrons. The van der Waals surface area contributed by atoms with Gasteiger partial charge in [-0.25, -0.2) is 24.4 Å². The molecule has 3 aromatic rings. The van der Waals surface area contributed by atoms with Crippen LogP contribution in [-0.4, -0.2) is 70.6 Å². The van der Waals surface area contributed by atoms with Gasteiger partial charge >= 0.3 is 12.0 Å². The molecule has 0 saturated carbocycles. The Balaban J connectivity index is 0.000000325. The van der Waals surface area contributed by atoms with E-state index < -0.39 is 18.1 Å². The van der Waals surface area contributed by atoms with Gasteiger partial charge in [0.05, 0.1) is 17.2 Å². The molecule has 3 amide bonds. The number of anilines is 1. The van der Waals surface area contributed by atoms with Gasteiger partial charge in [-0.05, 0) is 50.4 Å². The Kier molecular flexibility index (Phi) is 10.0. The van der Waals surface area contributed by atoms with Crippen LogP contribution in [-0.2, 0) is 19.1 Å². The number of rotatable bonds is 9.